The van der Waals surface area contributed by atoms with Gasteiger partial charge in [-0.1, -0.05) is 13.8 Å². The van der Waals surface area contributed by atoms with Crippen LogP contribution in [0.5, 0.6) is 0 Å². The molecule has 0 spiro atoms. The lowest BCUT2D eigenvalue weighted by Gasteiger charge is -2.27. The van der Waals surface area contributed by atoms with Crippen LogP contribution in [0.4, 0.5) is 0 Å². The smallest absolute Gasteiger partial charge is 0.00785 e. The van der Waals surface area contributed by atoms with Crippen molar-refractivity contribution in [2.24, 2.45) is 5.92 Å². The van der Waals surface area contributed by atoms with Crippen LogP contribution in [-0.4, -0.2) is 37.6 Å². The Morgan fingerprint density at radius 2 is 1.71 bits per heavy atom. The molecular weight excluding hydrogens is 172 g/mol. The lowest BCUT2D eigenvalue weighted by Crippen LogP contribution is -2.36. The molecule has 14 heavy (non-hydrogen) atoms. The fraction of sp³-hybridized carbons (Fsp3) is 1.00. The number of rotatable bonds is 7. The second kappa shape index (κ2) is 7.24. The van der Waals surface area contributed by atoms with Crippen molar-refractivity contribution in [1.29, 1.82) is 0 Å². The number of hydrogen-bond donors (Lipinski definition) is 1. The molecule has 0 aliphatic rings. The number of hydrogen-bond acceptors (Lipinski definition) is 2. The summed E-state index contributed by atoms with van der Waals surface area (Å²) in [5.41, 5.74) is 0. The van der Waals surface area contributed by atoms with Gasteiger partial charge in [-0.25, -0.2) is 0 Å². The summed E-state index contributed by atoms with van der Waals surface area (Å²) < 4.78 is 0. The van der Waals surface area contributed by atoms with Gasteiger partial charge in [0, 0.05) is 12.1 Å². The molecule has 0 amide bonds. The Balaban J connectivity index is 3.69. The van der Waals surface area contributed by atoms with E-state index in [4.69, 9.17) is 0 Å². The average Bonchev–Trinajstić information content (AvgIpc) is 2.13. The van der Waals surface area contributed by atoms with Gasteiger partial charge in [-0.2, -0.15) is 0 Å². The summed E-state index contributed by atoms with van der Waals surface area (Å²) in [4.78, 5) is 2.47. The summed E-state index contributed by atoms with van der Waals surface area (Å²) in [6, 6.07) is 1.29. The average molecular weight is 200 g/mol. The molecule has 0 radical (unpaired) electrons. The van der Waals surface area contributed by atoms with Gasteiger partial charge in [0.25, 0.3) is 0 Å². The van der Waals surface area contributed by atoms with Gasteiger partial charge >= 0.3 is 0 Å². The molecule has 0 saturated carbocycles. The summed E-state index contributed by atoms with van der Waals surface area (Å²) in [6.45, 7) is 10.3. The van der Waals surface area contributed by atoms with Gasteiger partial charge in [0.05, 0.1) is 0 Å². The predicted octanol–water partition coefficient (Wildman–Crippen LogP) is 2.35. The highest BCUT2D eigenvalue weighted by molar-refractivity contribution is 4.70. The molecule has 2 atom stereocenters. The Kier molecular flexibility index (Phi) is 7.20. The Morgan fingerprint density at radius 3 is 2.14 bits per heavy atom. The van der Waals surface area contributed by atoms with E-state index >= 15 is 0 Å². The second-order valence-electron chi connectivity index (χ2n) is 4.94. The number of nitrogens with one attached hydrogen (secondary N) is 1. The topological polar surface area (TPSA) is 15.3 Å². The summed E-state index contributed by atoms with van der Waals surface area (Å²) in [7, 11) is 4.26. The van der Waals surface area contributed by atoms with E-state index < -0.39 is 0 Å². The SMILES string of the molecule is CNC(C)CC(C)N(C)CCC(C)C. The van der Waals surface area contributed by atoms with E-state index in [9.17, 15) is 0 Å². The van der Waals surface area contributed by atoms with Crippen LogP contribution in [0.25, 0.3) is 0 Å². The lowest BCUT2D eigenvalue weighted by molar-refractivity contribution is 0.221. The highest BCUT2D eigenvalue weighted by Gasteiger charge is 2.12. The molecule has 2 nitrogen and oxygen atoms in total. The van der Waals surface area contributed by atoms with Crippen LogP contribution in [-0.2, 0) is 0 Å². The lowest BCUT2D eigenvalue weighted by atomic mass is 10.1. The zero-order chi connectivity index (χ0) is 11.1. The molecule has 86 valence electrons. The van der Waals surface area contributed by atoms with Crippen LogP contribution < -0.4 is 5.32 Å². The highest BCUT2D eigenvalue weighted by atomic mass is 15.1. The van der Waals surface area contributed by atoms with Crippen molar-refractivity contribution < 1.29 is 0 Å². The molecule has 0 rings (SSSR count). The predicted molar refractivity (Wildman–Crippen MR) is 64.7 cm³/mol. The standard InChI is InChI=1S/C12H28N2/c1-10(2)7-8-14(6)12(4)9-11(3)13-5/h10-13H,7-9H2,1-6H3. The summed E-state index contributed by atoms with van der Waals surface area (Å²) in [5, 5.41) is 3.29. The normalized spacial score (nSPS) is 16.3. The minimum absolute atomic E-state index is 0.617. The molecule has 0 aromatic carbocycles. The van der Waals surface area contributed by atoms with Crippen molar-refractivity contribution in [1.82, 2.24) is 10.2 Å². The zero-order valence-corrected chi connectivity index (χ0v) is 10.8. The van der Waals surface area contributed by atoms with Crippen LogP contribution in [0, 0.1) is 5.92 Å². The van der Waals surface area contributed by atoms with Crippen LogP contribution in [0.15, 0.2) is 0 Å². The van der Waals surface area contributed by atoms with Crippen LogP contribution in [0.1, 0.15) is 40.5 Å². The molecule has 0 aliphatic heterocycles. The second-order valence-corrected chi connectivity index (χ2v) is 4.94. The van der Waals surface area contributed by atoms with Gasteiger partial charge in [-0.05, 0) is 53.2 Å². The first-order valence-electron chi connectivity index (χ1n) is 5.84. The molecule has 0 bridgehead atoms. The van der Waals surface area contributed by atoms with E-state index in [0.717, 1.165) is 5.92 Å². The van der Waals surface area contributed by atoms with E-state index in [1.165, 1.54) is 19.4 Å². The van der Waals surface area contributed by atoms with Crippen molar-refractivity contribution in [2.75, 3.05) is 20.6 Å². The van der Waals surface area contributed by atoms with Crippen molar-refractivity contribution in [3.8, 4) is 0 Å². The first-order valence-corrected chi connectivity index (χ1v) is 5.84. The van der Waals surface area contributed by atoms with Gasteiger partial charge in [0.2, 0.25) is 0 Å². The minimum atomic E-state index is 0.617. The van der Waals surface area contributed by atoms with Crippen molar-refractivity contribution in [3.05, 3.63) is 0 Å². The quantitative estimate of drug-likeness (QED) is 0.678. The largest absolute Gasteiger partial charge is 0.317 e. The Bertz CT molecular complexity index is 134. The molecule has 0 heterocycles. The fourth-order valence-corrected chi connectivity index (χ4v) is 1.49. The van der Waals surface area contributed by atoms with Crippen molar-refractivity contribution in [2.45, 2.75) is 52.6 Å². The maximum atomic E-state index is 3.29. The van der Waals surface area contributed by atoms with Gasteiger partial charge in [-0.3, -0.25) is 0 Å². The third kappa shape index (κ3) is 6.39. The van der Waals surface area contributed by atoms with Crippen LogP contribution >= 0.6 is 0 Å². The molecular formula is C12H28N2. The third-order valence-corrected chi connectivity index (χ3v) is 3.00. The number of nitrogens with zero attached hydrogens (tertiary/aromatic N) is 1. The molecule has 0 aromatic rings. The molecule has 0 fully saturated rings. The monoisotopic (exact) mass is 200 g/mol. The summed E-state index contributed by atoms with van der Waals surface area (Å²) >= 11 is 0. The van der Waals surface area contributed by atoms with E-state index in [1.54, 1.807) is 0 Å². The van der Waals surface area contributed by atoms with E-state index in [-0.39, 0.29) is 0 Å². The molecule has 2 heteroatoms. The molecule has 1 N–H and O–H groups in total. The maximum absolute atomic E-state index is 3.29. The van der Waals surface area contributed by atoms with Gasteiger partial charge in [0.1, 0.15) is 0 Å². The Morgan fingerprint density at radius 1 is 1.14 bits per heavy atom. The highest BCUT2D eigenvalue weighted by Crippen LogP contribution is 2.07. The Labute approximate surface area is 90.1 Å². The molecule has 2 unspecified atom stereocenters. The van der Waals surface area contributed by atoms with E-state index in [1.807, 2.05) is 7.05 Å². The van der Waals surface area contributed by atoms with Gasteiger partial charge in [0.15, 0.2) is 0 Å². The summed E-state index contributed by atoms with van der Waals surface area (Å²) in [5.74, 6) is 0.811. The van der Waals surface area contributed by atoms with Gasteiger partial charge < -0.3 is 10.2 Å². The van der Waals surface area contributed by atoms with E-state index in [2.05, 4.69) is 45.0 Å². The third-order valence-electron chi connectivity index (χ3n) is 3.00. The van der Waals surface area contributed by atoms with Crippen LogP contribution in [0.3, 0.4) is 0 Å². The van der Waals surface area contributed by atoms with Crippen molar-refractivity contribution >= 4 is 0 Å². The first-order chi connectivity index (χ1) is 6.47. The maximum Gasteiger partial charge on any atom is 0.00785 e. The van der Waals surface area contributed by atoms with E-state index in [0.29, 0.717) is 12.1 Å². The Hall–Kier alpha value is -0.0800. The van der Waals surface area contributed by atoms with Crippen LogP contribution in [0.2, 0.25) is 0 Å². The van der Waals surface area contributed by atoms with Crippen molar-refractivity contribution in [3.63, 3.8) is 0 Å². The molecule has 0 aromatic heterocycles. The zero-order valence-electron chi connectivity index (χ0n) is 10.8. The molecule has 0 aliphatic carbocycles. The molecule has 0 saturated heterocycles. The first kappa shape index (κ1) is 13.9. The fourth-order valence-electron chi connectivity index (χ4n) is 1.49. The van der Waals surface area contributed by atoms with Gasteiger partial charge in [-0.15, -0.1) is 0 Å². The minimum Gasteiger partial charge on any atom is -0.317 e. The summed E-state index contributed by atoms with van der Waals surface area (Å²) in [6.07, 6.45) is 2.53.